The maximum atomic E-state index is 9.36. The highest BCUT2D eigenvalue weighted by Crippen LogP contribution is 2.48. The fourth-order valence-electron chi connectivity index (χ4n) is 1.21. The molecular formula is C6H15NO3S. The van der Waals surface area contributed by atoms with Gasteiger partial charge in [0.05, 0.1) is 5.75 Å². The van der Waals surface area contributed by atoms with E-state index in [1.807, 2.05) is 0 Å². The SMILES string of the molecule is OCCCN1CCCS1(O)O. The van der Waals surface area contributed by atoms with Crippen molar-refractivity contribution >= 4 is 10.8 Å². The van der Waals surface area contributed by atoms with Crippen molar-refractivity contribution in [2.24, 2.45) is 0 Å². The summed E-state index contributed by atoms with van der Waals surface area (Å²) in [6.07, 6.45) is 1.48. The quantitative estimate of drug-likeness (QED) is 0.601. The fraction of sp³-hybridized carbons (Fsp3) is 1.00. The molecule has 0 aromatic heterocycles. The molecule has 0 radical (unpaired) electrons. The summed E-state index contributed by atoms with van der Waals surface area (Å²) in [6, 6.07) is 0. The Labute approximate surface area is 68.3 Å². The molecule has 68 valence electrons. The van der Waals surface area contributed by atoms with E-state index in [9.17, 15) is 9.11 Å². The predicted octanol–water partition coefficient (Wildman–Crippen LogP) is 0.740. The third-order valence-corrected chi connectivity index (χ3v) is 3.83. The minimum absolute atomic E-state index is 0.117. The summed E-state index contributed by atoms with van der Waals surface area (Å²) in [5, 5.41) is 8.52. The molecule has 0 amide bonds. The molecule has 4 nitrogen and oxygen atoms in total. The number of rotatable bonds is 3. The number of hydrogen-bond acceptors (Lipinski definition) is 4. The molecule has 0 spiro atoms. The van der Waals surface area contributed by atoms with Crippen molar-refractivity contribution in [1.29, 1.82) is 0 Å². The van der Waals surface area contributed by atoms with E-state index < -0.39 is 10.8 Å². The third kappa shape index (κ3) is 2.31. The zero-order chi connectivity index (χ0) is 8.32. The van der Waals surface area contributed by atoms with Gasteiger partial charge in [0.2, 0.25) is 0 Å². The monoisotopic (exact) mass is 181 g/mol. The first kappa shape index (κ1) is 9.28. The van der Waals surface area contributed by atoms with Crippen LogP contribution in [0.15, 0.2) is 0 Å². The Morgan fingerprint density at radius 2 is 2.09 bits per heavy atom. The lowest BCUT2D eigenvalue weighted by Gasteiger charge is -2.36. The zero-order valence-corrected chi connectivity index (χ0v) is 7.26. The van der Waals surface area contributed by atoms with Crippen LogP contribution in [0.3, 0.4) is 0 Å². The van der Waals surface area contributed by atoms with Crippen molar-refractivity contribution in [1.82, 2.24) is 4.31 Å². The summed E-state index contributed by atoms with van der Waals surface area (Å²) in [4.78, 5) is 0. The second kappa shape index (κ2) is 3.73. The molecule has 1 fully saturated rings. The molecule has 0 saturated carbocycles. The molecule has 3 N–H and O–H groups in total. The van der Waals surface area contributed by atoms with Gasteiger partial charge in [-0.05, 0) is 12.8 Å². The molecule has 11 heavy (non-hydrogen) atoms. The Kier molecular flexibility index (Phi) is 3.15. The van der Waals surface area contributed by atoms with Gasteiger partial charge >= 0.3 is 0 Å². The first-order chi connectivity index (χ1) is 5.17. The molecule has 1 aliphatic rings. The minimum atomic E-state index is -2.44. The van der Waals surface area contributed by atoms with Crippen LogP contribution in [0.5, 0.6) is 0 Å². The molecule has 0 bridgehead atoms. The highest BCUT2D eigenvalue weighted by atomic mass is 32.3. The van der Waals surface area contributed by atoms with Gasteiger partial charge in [-0.2, -0.15) is 0 Å². The Bertz CT molecular complexity index is 131. The number of hydrogen-bond donors (Lipinski definition) is 3. The molecule has 0 atom stereocenters. The summed E-state index contributed by atoms with van der Waals surface area (Å²) < 4.78 is 20.4. The molecule has 0 aliphatic carbocycles. The fourth-order valence-corrected chi connectivity index (χ4v) is 2.83. The van der Waals surface area contributed by atoms with Crippen LogP contribution in [-0.4, -0.2) is 44.0 Å². The van der Waals surface area contributed by atoms with E-state index in [2.05, 4.69) is 0 Å². The van der Waals surface area contributed by atoms with E-state index in [1.54, 1.807) is 4.31 Å². The zero-order valence-electron chi connectivity index (χ0n) is 6.44. The second-order valence-electron chi connectivity index (χ2n) is 2.70. The summed E-state index contributed by atoms with van der Waals surface area (Å²) in [5.41, 5.74) is 0. The molecule has 0 unspecified atom stereocenters. The van der Waals surface area contributed by atoms with Gasteiger partial charge in [-0.15, -0.1) is 10.8 Å². The lowest BCUT2D eigenvalue weighted by molar-refractivity contribution is 0.267. The van der Waals surface area contributed by atoms with Crippen LogP contribution in [0.2, 0.25) is 0 Å². The summed E-state index contributed by atoms with van der Waals surface area (Å²) in [5.74, 6) is 0.498. The van der Waals surface area contributed by atoms with Crippen LogP contribution in [0.1, 0.15) is 12.8 Å². The van der Waals surface area contributed by atoms with E-state index >= 15 is 0 Å². The lowest BCUT2D eigenvalue weighted by Crippen LogP contribution is -2.24. The van der Waals surface area contributed by atoms with Crippen LogP contribution in [0.25, 0.3) is 0 Å². The smallest absolute Gasteiger partial charge is 0.0543 e. The van der Waals surface area contributed by atoms with E-state index in [-0.39, 0.29) is 6.61 Å². The van der Waals surface area contributed by atoms with Crippen molar-refractivity contribution in [2.75, 3.05) is 25.4 Å². The maximum absolute atomic E-state index is 9.36. The largest absolute Gasteiger partial charge is 0.396 e. The van der Waals surface area contributed by atoms with Crippen LogP contribution >= 0.6 is 10.8 Å². The summed E-state index contributed by atoms with van der Waals surface area (Å²) >= 11 is 0. The number of nitrogens with zero attached hydrogens (tertiary/aromatic N) is 1. The second-order valence-corrected chi connectivity index (χ2v) is 4.89. The van der Waals surface area contributed by atoms with Crippen LogP contribution in [0, 0.1) is 0 Å². The van der Waals surface area contributed by atoms with E-state index in [0.29, 0.717) is 18.7 Å². The van der Waals surface area contributed by atoms with Crippen molar-refractivity contribution in [3.63, 3.8) is 0 Å². The summed E-state index contributed by atoms with van der Waals surface area (Å²) in [6.45, 7) is 1.47. The van der Waals surface area contributed by atoms with Crippen LogP contribution < -0.4 is 0 Å². The average Bonchev–Trinajstić information content (AvgIpc) is 2.25. The topological polar surface area (TPSA) is 63.9 Å². The number of aliphatic hydroxyl groups excluding tert-OH is 1. The Hall–Kier alpha value is 0.190. The molecule has 0 aromatic carbocycles. The lowest BCUT2D eigenvalue weighted by atomic mass is 10.4. The van der Waals surface area contributed by atoms with Crippen molar-refractivity contribution in [2.45, 2.75) is 12.8 Å². The minimum Gasteiger partial charge on any atom is -0.396 e. The highest BCUT2D eigenvalue weighted by Gasteiger charge is 2.27. The van der Waals surface area contributed by atoms with Crippen LogP contribution in [-0.2, 0) is 0 Å². The van der Waals surface area contributed by atoms with E-state index in [0.717, 1.165) is 13.0 Å². The molecule has 0 aromatic rings. The first-order valence-corrected chi connectivity index (χ1v) is 5.46. The average molecular weight is 181 g/mol. The molecule has 1 heterocycles. The predicted molar refractivity (Wildman–Crippen MR) is 45.6 cm³/mol. The van der Waals surface area contributed by atoms with E-state index in [1.165, 1.54) is 0 Å². The van der Waals surface area contributed by atoms with Gasteiger partial charge in [-0.1, -0.05) is 0 Å². The molecule has 1 rings (SSSR count). The van der Waals surface area contributed by atoms with Gasteiger partial charge in [0, 0.05) is 19.7 Å². The Morgan fingerprint density at radius 3 is 2.55 bits per heavy atom. The molecule has 1 saturated heterocycles. The highest BCUT2D eigenvalue weighted by molar-refractivity contribution is 8.22. The van der Waals surface area contributed by atoms with Crippen molar-refractivity contribution in [3.8, 4) is 0 Å². The Balaban J connectivity index is 2.32. The van der Waals surface area contributed by atoms with Gasteiger partial charge in [0.1, 0.15) is 0 Å². The van der Waals surface area contributed by atoms with E-state index in [4.69, 9.17) is 5.11 Å². The first-order valence-electron chi connectivity index (χ1n) is 3.79. The third-order valence-electron chi connectivity index (χ3n) is 1.80. The van der Waals surface area contributed by atoms with Gasteiger partial charge in [-0.25, -0.2) is 4.31 Å². The van der Waals surface area contributed by atoms with Gasteiger partial charge in [-0.3, -0.25) is 9.11 Å². The van der Waals surface area contributed by atoms with Crippen molar-refractivity contribution < 1.29 is 14.2 Å². The number of aliphatic hydroxyl groups is 1. The molecular weight excluding hydrogens is 166 g/mol. The Morgan fingerprint density at radius 1 is 1.36 bits per heavy atom. The standard InChI is InChI=1S/C6H15NO3S/c8-5-1-3-7-4-2-6-11(7,9)10/h8-10H,1-6H2. The maximum Gasteiger partial charge on any atom is 0.0543 e. The van der Waals surface area contributed by atoms with Crippen LogP contribution in [0.4, 0.5) is 0 Å². The summed E-state index contributed by atoms with van der Waals surface area (Å²) in [7, 11) is -2.44. The van der Waals surface area contributed by atoms with Gasteiger partial charge in [0.15, 0.2) is 0 Å². The normalized spacial score (nSPS) is 27.2. The van der Waals surface area contributed by atoms with Gasteiger partial charge in [0.25, 0.3) is 0 Å². The molecule has 1 aliphatic heterocycles. The van der Waals surface area contributed by atoms with Gasteiger partial charge < -0.3 is 5.11 Å². The molecule has 5 heteroatoms. The van der Waals surface area contributed by atoms with Crippen molar-refractivity contribution in [3.05, 3.63) is 0 Å².